The molecule has 0 aromatic carbocycles. The van der Waals surface area contributed by atoms with Gasteiger partial charge in [-0.25, -0.2) is 0 Å². The molecule has 1 aliphatic carbocycles. The number of halogens is 3. The van der Waals surface area contributed by atoms with Crippen LogP contribution in [0, 0.1) is 5.92 Å². The summed E-state index contributed by atoms with van der Waals surface area (Å²) in [6.07, 6.45) is 3.32. The van der Waals surface area contributed by atoms with E-state index in [0.29, 0.717) is 25.0 Å². The van der Waals surface area contributed by atoms with Gasteiger partial charge in [-0.2, -0.15) is 13.2 Å². The first-order chi connectivity index (χ1) is 7.44. The molecule has 0 aromatic rings. The van der Waals surface area contributed by atoms with Gasteiger partial charge < -0.3 is 10.6 Å². The predicted octanol–water partition coefficient (Wildman–Crippen LogP) is 2.30. The Morgan fingerprint density at radius 3 is 2.62 bits per heavy atom. The van der Waals surface area contributed by atoms with Crippen molar-refractivity contribution in [3.05, 3.63) is 0 Å². The molecule has 1 aliphatic rings. The van der Waals surface area contributed by atoms with E-state index in [1.807, 2.05) is 11.9 Å². The van der Waals surface area contributed by atoms with Gasteiger partial charge in [0.15, 0.2) is 0 Å². The van der Waals surface area contributed by atoms with Crippen molar-refractivity contribution < 1.29 is 13.2 Å². The molecular weight excluding hydrogens is 237 g/mol. The highest BCUT2D eigenvalue weighted by Gasteiger charge is 2.31. The van der Waals surface area contributed by atoms with E-state index in [1.54, 1.807) is 0 Å². The Morgan fingerprint density at radius 2 is 2.06 bits per heavy atom. The Morgan fingerprint density at radius 1 is 1.38 bits per heavy atom. The lowest BCUT2D eigenvalue weighted by Crippen LogP contribution is -2.39. The average Bonchev–Trinajstić information content (AvgIpc) is 2.63. The quantitative estimate of drug-likeness (QED) is 0.818. The second-order valence-corrected chi connectivity index (χ2v) is 5.43. The minimum atomic E-state index is -4.11. The fraction of sp³-hybridized carbons (Fsp3) is 1.00. The second-order valence-electron chi connectivity index (χ2n) is 4.27. The van der Waals surface area contributed by atoms with Gasteiger partial charge in [-0.05, 0) is 44.1 Å². The van der Waals surface area contributed by atoms with E-state index in [4.69, 9.17) is 5.73 Å². The van der Waals surface area contributed by atoms with Crippen LogP contribution in [0.15, 0.2) is 0 Å². The molecule has 0 spiro atoms. The van der Waals surface area contributed by atoms with Crippen LogP contribution in [0.4, 0.5) is 13.2 Å². The Labute approximate surface area is 98.7 Å². The standard InChI is InChI=1S/C10H19F3N2S/c1-15(5-6-16-10(11,12)13)9-4-2-3-8(9)7-14/h8-9H,2-7,14H2,1H3. The van der Waals surface area contributed by atoms with Gasteiger partial charge in [0.1, 0.15) is 0 Å². The molecule has 0 saturated heterocycles. The fourth-order valence-corrected chi connectivity index (χ4v) is 2.95. The van der Waals surface area contributed by atoms with Crippen LogP contribution in [0.1, 0.15) is 19.3 Å². The Kier molecular flexibility index (Phi) is 5.40. The van der Waals surface area contributed by atoms with Crippen molar-refractivity contribution >= 4 is 11.8 Å². The molecule has 16 heavy (non-hydrogen) atoms. The molecule has 0 bridgehead atoms. The van der Waals surface area contributed by atoms with E-state index in [9.17, 15) is 13.2 Å². The molecule has 1 fully saturated rings. The largest absolute Gasteiger partial charge is 0.441 e. The van der Waals surface area contributed by atoms with Crippen molar-refractivity contribution in [2.45, 2.75) is 30.8 Å². The van der Waals surface area contributed by atoms with Crippen LogP contribution in [0.3, 0.4) is 0 Å². The maximum Gasteiger partial charge on any atom is 0.441 e. The lowest BCUT2D eigenvalue weighted by atomic mass is 10.0. The normalized spacial score (nSPS) is 26.6. The van der Waals surface area contributed by atoms with Gasteiger partial charge in [0.25, 0.3) is 0 Å². The third-order valence-corrected chi connectivity index (χ3v) is 3.91. The number of thioether (sulfide) groups is 1. The van der Waals surface area contributed by atoms with E-state index >= 15 is 0 Å². The van der Waals surface area contributed by atoms with Gasteiger partial charge in [-0.1, -0.05) is 6.42 Å². The molecule has 2 unspecified atom stereocenters. The van der Waals surface area contributed by atoms with Crippen LogP contribution in [-0.2, 0) is 0 Å². The molecule has 0 amide bonds. The maximum absolute atomic E-state index is 12.0. The van der Waals surface area contributed by atoms with E-state index in [1.165, 1.54) is 0 Å². The molecule has 96 valence electrons. The summed E-state index contributed by atoms with van der Waals surface area (Å²) in [4.78, 5) is 2.03. The van der Waals surface area contributed by atoms with Crippen molar-refractivity contribution in [1.82, 2.24) is 4.90 Å². The zero-order chi connectivity index (χ0) is 12.2. The van der Waals surface area contributed by atoms with Gasteiger partial charge in [-0.15, -0.1) is 0 Å². The molecule has 0 heterocycles. The topological polar surface area (TPSA) is 29.3 Å². The Balaban J connectivity index is 2.26. The smallest absolute Gasteiger partial charge is 0.330 e. The molecule has 1 rings (SSSR count). The van der Waals surface area contributed by atoms with Crippen LogP contribution in [0.2, 0.25) is 0 Å². The predicted molar refractivity (Wildman–Crippen MR) is 61.3 cm³/mol. The van der Waals surface area contributed by atoms with E-state index < -0.39 is 5.51 Å². The summed E-state index contributed by atoms with van der Waals surface area (Å²) < 4.78 is 35.9. The minimum Gasteiger partial charge on any atom is -0.330 e. The Hall–Kier alpha value is 0.0600. The molecule has 0 aromatic heterocycles. The van der Waals surface area contributed by atoms with Crippen LogP contribution in [0.25, 0.3) is 0 Å². The molecular formula is C10H19F3N2S. The fourth-order valence-electron chi connectivity index (χ4n) is 2.34. The van der Waals surface area contributed by atoms with Crippen LogP contribution in [0.5, 0.6) is 0 Å². The summed E-state index contributed by atoms with van der Waals surface area (Å²) in [6.45, 7) is 1.12. The third-order valence-electron chi connectivity index (χ3n) is 3.20. The molecule has 2 nitrogen and oxygen atoms in total. The minimum absolute atomic E-state index is 0.0566. The van der Waals surface area contributed by atoms with Crippen LogP contribution in [-0.4, -0.2) is 42.3 Å². The molecule has 0 radical (unpaired) electrons. The second kappa shape index (κ2) is 6.12. The highest BCUT2D eigenvalue weighted by atomic mass is 32.2. The molecule has 2 atom stereocenters. The summed E-state index contributed by atoms with van der Waals surface area (Å²) in [7, 11) is 1.90. The first kappa shape index (κ1) is 14.1. The van der Waals surface area contributed by atoms with Gasteiger partial charge in [0, 0.05) is 18.3 Å². The first-order valence-corrected chi connectivity index (χ1v) is 6.53. The van der Waals surface area contributed by atoms with Crippen molar-refractivity contribution in [2.75, 3.05) is 25.9 Å². The molecule has 2 N–H and O–H groups in total. The first-order valence-electron chi connectivity index (χ1n) is 5.55. The van der Waals surface area contributed by atoms with Gasteiger partial charge in [-0.3, -0.25) is 0 Å². The third kappa shape index (κ3) is 4.51. The number of rotatable bonds is 5. The summed E-state index contributed by atoms with van der Waals surface area (Å²) >= 11 is 0.0566. The maximum atomic E-state index is 12.0. The number of hydrogen-bond donors (Lipinski definition) is 1. The monoisotopic (exact) mass is 256 g/mol. The number of alkyl halides is 3. The average molecular weight is 256 g/mol. The Bertz CT molecular complexity index is 211. The summed E-state index contributed by atoms with van der Waals surface area (Å²) in [5, 5.41) is 0. The summed E-state index contributed by atoms with van der Waals surface area (Å²) in [5.41, 5.74) is 1.54. The SMILES string of the molecule is CN(CCSC(F)(F)F)C1CCCC1CN. The van der Waals surface area contributed by atoms with Gasteiger partial charge in [0.05, 0.1) is 0 Å². The van der Waals surface area contributed by atoms with Gasteiger partial charge in [0.2, 0.25) is 0 Å². The highest BCUT2D eigenvalue weighted by Crippen LogP contribution is 2.31. The highest BCUT2D eigenvalue weighted by molar-refractivity contribution is 8.00. The van der Waals surface area contributed by atoms with E-state index in [-0.39, 0.29) is 17.5 Å². The lowest BCUT2D eigenvalue weighted by Gasteiger charge is -2.28. The number of hydrogen-bond acceptors (Lipinski definition) is 3. The lowest BCUT2D eigenvalue weighted by molar-refractivity contribution is -0.0329. The number of nitrogens with zero attached hydrogens (tertiary/aromatic N) is 1. The molecule has 6 heteroatoms. The van der Waals surface area contributed by atoms with E-state index in [2.05, 4.69) is 0 Å². The van der Waals surface area contributed by atoms with E-state index in [0.717, 1.165) is 19.3 Å². The molecule has 0 aliphatic heterocycles. The van der Waals surface area contributed by atoms with Crippen molar-refractivity contribution in [3.63, 3.8) is 0 Å². The van der Waals surface area contributed by atoms with Gasteiger partial charge >= 0.3 is 5.51 Å². The summed E-state index contributed by atoms with van der Waals surface area (Å²) in [5.74, 6) is 0.564. The van der Waals surface area contributed by atoms with Crippen LogP contribution >= 0.6 is 11.8 Å². The molecule has 1 saturated carbocycles. The van der Waals surface area contributed by atoms with Crippen molar-refractivity contribution in [3.8, 4) is 0 Å². The zero-order valence-electron chi connectivity index (χ0n) is 9.46. The van der Waals surface area contributed by atoms with Crippen LogP contribution < -0.4 is 5.73 Å². The zero-order valence-corrected chi connectivity index (χ0v) is 10.3. The number of nitrogens with two attached hydrogens (primary N) is 1. The van der Waals surface area contributed by atoms with Crippen molar-refractivity contribution in [1.29, 1.82) is 0 Å². The van der Waals surface area contributed by atoms with Crippen molar-refractivity contribution in [2.24, 2.45) is 11.7 Å². The summed E-state index contributed by atoms with van der Waals surface area (Å²) in [6, 6.07) is 0.374.